The molecular formula is C19H23IN4. The van der Waals surface area contributed by atoms with E-state index in [9.17, 15) is 0 Å². The number of benzene rings is 2. The Morgan fingerprint density at radius 1 is 1.12 bits per heavy atom. The highest BCUT2D eigenvalue weighted by Crippen LogP contribution is 2.18. The molecule has 1 heterocycles. The van der Waals surface area contributed by atoms with Gasteiger partial charge in [0.05, 0.1) is 0 Å². The predicted molar refractivity (Wildman–Crippen MR) is 113 cm³/mol. The van der Waals surface area contributed by atoms with Crippen molar-refractivity contribution in [3.63, 3.8) is 0 Å². The van der Waals surface area contributed by atoms with Crippen molar-refractivity contribution in [3.8, 4) is 0 Å². The minimum Gasteiger partial charge on any atom is -0.370 e. The molecule has 24 heavy (non-hydrogen) atoms. The van der Waals surface area contributed by atoms with Crippen LogP contribution in [0.3, 0.4) is 0 Å². The first kappa shape index (κ1) is 18.3. The second-order valence-electron chi connectivity index (χ2n) is 5.55. The van der Waals surface area contributed by atoms with E-state index < -0.39 is 0 Å². The van der Waals surface area contributed by atoms with Gasteiger partial charge in [-0.2, -0.15) is 0 Å². The lowest BCUT2D eigenvalue weighted by Crippen LogP contribution is -2.23. The highest BCUT2D eigenvalue weighted by Gasteiger charge is 2.02. The number of nitrogens with two attached hydrogens (primary N) is 1. The Kier molecular flexibility index (Phi) is 6.66. The fourth-order valence-corrected chi connectivity index (χ4v) is 2.65. The normalized spacial score (nSPS) is 11.3. The second-order valence-corrected chi connectivity index (χ2v) is 5.55. The van der Waals surface area contributed by atoms with Crippen LogP contribution in [0.1, 0.15) is 18.1 Å². The Hall–Kier alpha value is -2.02. The lowest BCUT2D eigenvalue weighted by Gasteiger charge is -2.06. The molecule has 3 rings (SSSR count). The first-order chi connectivity index (χ1) is 11.3. The lowest BCUT2D eigenvalue weighted by atomic mass is 10.1. The summed E-state index contributed by atoms with van der Waals surface area (Å²) in [5.74, 6) is 0.453. The number of rotatable bonds is 5. The zero-order valence-corrected chi connectivity index (χ0v) is 16.1. The molecule has 0 spiro atoms. The summed E-state index contributed by atoms with van der Waals surface area (Å²) >= 11 is 0. The number of anilines is 1. The van der Waals surface area contributed by atoms with Crippen LogP contribution in [0.2, 0.25) is 0 Å². The molecule has 4 nitrogen and oxygen atoms in total. The number of aliphatic imine (C=N–C) groups is 1. The lowest BCUT2D eigenvalue weighted by molar-refractivity contribution is 0.972. The molecule has 126 valence electrons. The molecule has 5 heteroatoms. The Morgan fingerprint density at radius 2 is 1.88 bits per heavy atom. The fourth-order valence-electron chi connectivity index (χ4n) is 2.65. The van der Waals surface area contributed by atoms with E-state index in [1.54, 1.807) is 0 Å². The average Bonchev–Trinajstić information content (AvgIpc) is 2.99. The van der Waals surface area contributed by atoms with E-state index in [1.165, 1.54) is 16.5 Å². The Labute approximate surface area is 159 Å². The van der Waals surface area contributed by atoms with Gasteiger partial charge >= 0.3 is 0 Å². The van der Waals surface area contributed by atoms with Crippen molar-refractivity contribution >= 4 is 46.5 Å². The van der Waals surface area contributed by atoms with E-state index in [1.807, 2.05) is 24.4 Å². The number of aryl methyl sites for hydroxylation is 1. The van der Waals surface area contributed by atoms with Gasteiger partial charge in [0.1, 0.15) is 0 Å². The summed E-state index contributed by atoms with van der Waals surface area (Å²) in [5.41, 5.74) is 10.7. The van der Waals surface area contributed by atoms with Crippen LogP contribution in [0.25, 0.3) is 10.9 Å². The smallest absolute Gasteiger partial charge is 0.193 e. The number of fused-ring (bicyclic) bond motifs is 1. The first-order valence-corrected chi connectivity index (χ1v) is 7.97. The van der Waals surface area contributed by atoms with Gasteiger partial charge in [0.15, 0.2) is 5.96 Å². The molecule has 0 aliphatic carbocycles. The summed E-state index contributed by atoms with van der Waals surface area (Å²) in [5, 5.41) is 4.38. The van der Waals surface area contributed by atoms with Crippen LogP contribution in [0.15, 0.2) is 59.7 Å². The Balaban J connectivity index is 0.00000208. The number of aromatic nitrogens is 1. The van der Waals surface area contributed by atoms with Crippen molar-refractivity contribution in [1.82, 2.24) is 4.98 Å². The standard InChI is InChI=1S/C19H22N4.HI/c1-2-14-7-9-16(10-8-14)23-19(20)21-12-11-15-13-22-18-6-4-3-5-17(15)18;/h3-10,13,22H,2,11-12H2,1H3,(H3,20,21,23);1H. The molecule has 0 atom stereocenters. The largest absolute Gasteiger partial charge is 0.370 e. The van der Waals surface area contributed by atoms with Gasteiger partial charge in [0.2, 0.25) is 0 Å². The summed E-state index contributed by atoms with van der Waals surface area (Å²) in [6.45, 7) is 2.80. The molecular weight excluding hydrogens is 411 g/mol. The molecule has 0 amide bonds. The molecule has 0 bridgehead atoms. The topological polar surface area (TPSA) is 66.2 Å². The second kappa shape index (κ2) is 8.73. The van der Waals surface area contributed by atoms with E-state index in [2.05, 4.69) is 52.5 Å². The number of halogens is 1. The number of H-pyrrole nitrogens is 1. The highest BCUT2D eigenvalue weighted by molar-refractivity contribution is 14.0. The van der Waals surface area contributed by atoms with Gasteiger partial charge in [-0.05, 0) is 42.2 Å². The monoisotopic (exact) mass is 434 g/mol. The summed E-state index contributed by atoms with van der Waals surface area (Å²) in [7, 11) is 0. The van der Waals surface area contributed by atoms with Gasteiger partial charge in [0, 0.05) is 29.3 Å². The number of para-hydroxylation sites is 1. The van der Waals surface area contributed by atoms with Gasteiger partial charge in [-0.3, -0.25) is 4.99 Å². The summed E-state index contributed by atoms with van der Waals surface area (Å²) < 4.78 is 0. The van der Waals surface area contributed by atoms with Crippen LogP contribution in [0, 0.1) is 0 Å². The maximum atomic E-state index is 5.96. The fraction of sp³-hybridized carbons (Fsp3) is 0.211. The van der Waals surface area contributed by atoms with Crippen molar-refractivity contribution < 1.29 is 0 Å². The minimum atomic E-state index is 0. The van der Waals surface area contributed by atoms with Gasteiger partial charge < -0.3 is 16.0 Å². The molecule has 0 radical (unpaired) electrons. The molecule has 4 N–H and O–H groups in total. The molecule has 3 aromatic rings. The summed E-state index contributed by atoms with van der Waals surface area (Å²) in [4.78, 5) is 7.69. The maximum absolute atomic E-state index is 5.96. The Morgan fingerprint density at radius 3 is 2.62 bits per heavy atom. The quantitative estimate of drug-likeness (QED) is 0.318. The van der Waals surface area contributed by atoms with E-state index in [0.29, 0.717) is 12.5 Å². The molecule has 2 aromatic carbocycles. The van der Waals surface area contributed by atoms with E-state index in [-0.39, 0.29) is 24.0 Å². The van der Waals surface area contributed by atoms with Crippen LogP contribution in [-0.4, -0.2) is 17.5 Å². The number of guanidine groups is 1. The number of hydrogen-bond acceptors (Lipinski definition) is 1. The molecule has 0 unspecified atom stereocenters. The van der Waals surface area contributed by atoms with E-state index in [4.69, 9.17) is 5.73 Å². The van der Waals surface area contributed by atoms with Crippen molar-refractivity contribution in [2.24, 2.45) is 10.7 Å². The maximum Gasteiger partial charge on any atom is 0.193 e. The van der Waals surface area contributed by atoms with Crippen LogP contribution in [-0.2, 0) is 12.8 Å². The van der Waals surface area contributed by atoms with Crippen LogP contribution >= 0.6 is 24.0 Å². The molecule has 0 aliphatic heterocycles. The van der Waals surface area contributed by atoms with Gasteiger partial charge in [-0.15, -0.1) is 24.0 Å². The van der Waals surface area contributed by atoms with Crippen LogP contribution in [0.5, 0.6) is 0 Å². The molecule has 0 saturated heterocycles. The van der Waals surface area contributed by atoms with Gasteiger partial charge in [-0.25, -0.2) is 0 Å². The third-order valence-electron chi connectivity index (χ3n) is 3.97. The van der Waals surface area contributed by atoms with E-state index in [0.717, 1.165) is 24.0 Å². The minimum absolute atomic E-state index is 0. The van der Waals surface area contributed by atoms with Crippen molar-refractivity contribution in [2.45, 2.75) is 19.8 Å². The van der Waals surface area contributed by atoms with Gasteiger partial charge in [0.25, 0.3) is 0 Å². The third-order valence-corrected chi connectivity index (χ3v) is 3.97. The Bertz CT molecular complexity index is 806. The molecule has 0 aliphatic rings. The predicted octanol–water partition coefficient (Wildman–Crippen LogP) is 4.32. The first-order valence-electron chi connectivity index (χ1n) is 7.97. The summed E-state index contributed by atoms with van der Waals surface area (Å²) in [6.07, 6.45) is 3.95. The third kappa shape index (κ3) is 4.50. The number of hydrogen-bond donors (Lipinski definition) is 3. The van der Waals surface area contributed by atoms with Gasteiger partial charge in [-0.1, -0.05) is 37.3 Å². The molecule has 1 aromatic heterocycles. The van der Waals surface area contributed by atoms with Crippen molar-refractivity contribution in [1.29, 1.82) is 0 Å². The number of nitrogens with one attached hydrogen (secondary N) is 2. The number of aromatic amines is 1. The average molecular weight is 434 g/mol. The van der Waals surface area contributed by atoms with E-state index >= 15 is 0 Å². The zero-order valence-electron chi connectivity index (χ0n) is 13.8. The summed E-state index contributed by atoms with van der Waals surface area (Å²) in [6, 6.07) is 16.6. The molecule has 0 saturated carbocycles. The SMILES string of the molecule is CCc1ccc(NC(N)=NCCc2c[nH]c3ccccc23)cc1.I. The highest BCUT2D eigenvalue weighted by atomic mass is 127. The van der Waals surface area contributed by atoms with Crippen LogP contribution < -0.4 is 11.1 Å². The molecule has 0 fully saturated rings. The van der Waals surface area contributed by atoms with Crippen molar-refractivity contribution in [3.05, 3.63) is 65.9 Å². The zero-order chi connectivity index (χ0) is 16.1. The van der Waals surface area contributed by atoms with Crippen LogP contribution in [0.4, 0.5) is 5.69 Å². The number of nitrogens with zero attached hydrogens (tertiary/aromatic N) is 1. The van der Waals surface area contributed by atoms with Crippen molar-refractivity contribution in [2.75, 3.05) is 11.9 Å².